The molecule has 0 N–H and O–H groups in total. The van der Waals surface area contributed by atoms with Gasteiger partial charge in [-0.15, -0.1) is 0 Å². The normalized spacial score (nSPS) is 11.8. The lowest BCUT2D eigenvalue weighted by atomic mass is 10.0. The molecule has 42 heavy (non-hydrogen) atoms. The molecule has 4 nitrogen and oxygen atoms in total. The van der Waals surface area contributed by atoms with Gasteiger partial charge in [-0.3, -0.25) is 9.59 Å². The second-order valence-electron chi connectivity index (χ2n) is 12.4. The molecule has 0 aromatic rings. The Morgan fingerprint density at radius 1 is 0.500 bits per heavy atom. The molecule has 0 spiro atoms. The highest BCUT2D eigenvalue weighted by Crippen LogP contribution is 2.12. The van der Waals surface area contributed by atoms with Crippen molar-refractivity contribution in [3.05, 3.63) is 24.3 Å². The van der Waals surface area contributed by atoms with Crippen molar-refractivity contribution in [3.63, 3.8) is 0 Å². The number of nitrogens with zero attached hydrogens (tertiary/aromatic N) is 1. The van der Waals surface area contributed by atoms with Crippen molar-refractivity contribution in [2.24, 2.45) is 0 Å². The molecule has 0 heterocycles. The van der Waals surface area contributed by atoms with Crippen LogP contribution in [0.4, 0.5) is 0 Å². The fourth-order valence-corrected chi connectivity index (χ4v) is 5.26. The van der Waals surface area contributed by atoms with Gasteiger partial charge in [-0.1, -0.05) is 128 Å². The van der Waals surface area contributed by atoms with Crippen LogP contribution in [0.3, 0.4) is 0 Å². The van der Waals surface area contributed by atoms with Crippen molar-refractivity contribution >= 4 is 11.8 Å². The molecular weight excluding hydrogens is 518 g/mol. The molecule has 0 aromatic heterocycles. The van der Waals surface area contributed by atoms with Gasteiger partial charge >= 0.3 is 5.97 Å². The van der Waals surface area contributed by atoms with Crippen LogP contribution in [0.1, 0.15) is 181 Å². The third kappa shape index (κ3) is 33.1. The van der Waals surface area contributed by atoms with Gasteiger partial charge in [0.2, 0.25) is 0 Å². The van der Waals surface area contributed by atoms with Crippen LogP contribution in [0.15, 0.2) is 24.3 Å². The molecule has 246 valence electrons. The Morgan fingerprint density at radius 2 is 0.952 bits per heavy atom. The zero-order valence-corrected chi connectivity index (χ0v) is 28.5. The monoisotopic (exact) mass is 590 g/mol. The van der Waals surface area contributed by atoms with Crippen molar-refractivity contribution in [2.45, 2.75) is 181 Å². The summed E-state index contributed by atoms with van der Waals surface area (Å²) in [5, 5.41) is 0. The molecule has 0 aliphatic carbocycles. The Hall–Kier alpha value is -1.42. The lowest BCUT2D eigenvalue weighted by molar-refractivity contribution is -0.142. The number of allylic oxidation sites excluding steroid dienone is 3. The number of rotatable bonds is 33. The second-order valence-corrected chi connectivity index (χ2v) is 12.4. The predicted octanol–water partition coefficient (Wildman–Crippen LogP) is 11.3. The number of esters is 1. The largest absolute Gasteiger partial charge is 0.461 e. The van der Waals surface area contributed by atoms with Crippen LogP contribution < -0.4 is 0 Å². The summed E-state index contributed by atoms with van der Waals surface area (Å²) in [6.07, 6.45) is 38.8. The first-order chi connectivity index (χ1) is 20.6. The van der Waals surface area contributed by atoms with Gasteiger partial charge in [-0.25, -0.2) is 0 Å². The highest BCUT2D eigenvalue weighted by Gasteiger charge is 2.03. The molecule has 4 heteroatoms. The minimum atomic E-state index is -0.0513. The number of hydrogen-bond donors (Lipinski definition) is 0. The molecule has 0 saturated carbocycles. The average Bonchev–Trinajstić information content (AvgIpc) is 2.98. The Kier molecular flexibility index (Phi) is 32.9. The van der Waals surface area contributed by atoms with E-state index in [4.69, 9.17) is 4.74 Å². The third-order valence-electron chi connectivity index (χ3n) is 8.13. The van der Waals surface area contributed by atoms with Gasteiger partial charge in [0.25, 0.3) is 0 Å². The summed E-state index contributed by atoms with van der Waals surface area (Å²) in [6.45, 7) is 7.29. The van der Waals surface area contributed by atoms with Crippen LogP contribution >= 0.6 is 0 Å². The molecule has 0 aliphatic rings. The smallest absolute Gasteiger partial charge is 0.306 e. The fraction of sp³-hybridized carbons (Fsp3) is 0.842. The summed E-state index contributed by atoms with van der Waals surface area (Å²) in [4.78, 5) is 26.3. The van der Waals surface area contributed by atoms with E-state index < -0.39 is 0 Å². The first-order valence-electron chi connectivity index (χ1n) is 18.3. The number of hydrogen-bond acceptors (Lipinski definition) is 4. The number of carbonyl (C=O) groups is 2. The minimum Gasteiger partial charge on any atom is -0.461 e. The number of ether oxygens (including phenoxy) is 1. The van der Waals surface area contributed by atoms with Crippen molar-refractivity contribution in [1.82, 2.24) is 4.90 Å². The lowest BCUT2D eigenvalue weighted by Gasteiger charge is -2.16. The molecular formula is C38H71NO3. The Labute approximate surface area is 262 Å². The van der Waals surface area contributed by atoms with E-state index in [1.165, 1.54) is 129 Å². The van der Waals surface area contributed by atoms with E-state index in [9.17, 15) is 9.59 Å². The highest BCUT2D eigenvalue weighted by molar-refractivity contribution is 5.78. The van der Waals surface area contributed by atoms with Gasteiger partial charge in [0.1, 0.15) is 12.4 Å². The Bertz CT molecular complexity index is 588. The number of Topliss-reactive ketones (excluding diaryl/α,β-unsaturated/α-hetero) is 1. The van der Waals surface area contributed by atoms with E-state index >= 15 is 0 Å². The Morgan fingerprint density at radius 3 is 1.52 bits per heavy atom. The van der Waals surface area contributed by atoms with Crippen molar-refractivity contribution in [3.8, 4) is 0 Å². The van der Waals surface area contributed by atoms with Crippen molar-refractivity contribution in [2.75, 3.05) is 26.7 Å². The van der Waals surface area contributed by atoms with Gasteiger partial charge in [-0.2, -0.15) is 0 Å². The van der Waals surface area contributed by atoms with E-state index in [2.05, 4.69) is 44.0 Å². The molecule has 0 radical (unpaired) electrons. The molecule has 0 unspecified atom stereocenters. The maximum atomic E-state index is 12.0. The van der Waals surface area contributed by atoms with Gasteiger partial charge in [0.05, 0.1) is 0 Å². The molecule has 0 aromatic carbocycles. The van der Waals surface area contributed by atoms with Crippen LogP contribution in [-0.2, 0) is 14.3 Å². The van der Waals surface area contributed by atoms with Gasteiger partial charge in [-0.05, 0) is 77.9 Å². The molecule has 0 atom stereocenters. The van der Waals surface area contributed by atoms with Gasteiger partial charge in [0.15, 0.2) is 0 Å². The van der Waals surface area contributed by atoms with Crippen LogP contribution in [0.25, 0.3) is 0 Å². The Balaban J connectivity index is 3.37. The quantitative estimate of drug-likeness (QED) is 0.0434. The number of ketones is 1. The summed E-state index contributed by atoms with van der Waals surface area (Å²) in [5.41, 5.74) is 0. The molecule has 0 fully saturated rings. The SMILES string of the molecule is CCCCCC/C=C\CCC(=O)CCCCCCCCN(C)CCCCCCCCC(=O)OC/C=C\CCCCCC. The standard InChI is InChI=1S/C38H71NO3/c1-4-6-8-10-12-13-19-25-31-37(40)32-26-20-14-16-22-28-34-39(3)35-29-23-17-15-21-27-33-38(41)42-36-30-24-18-11-9-7-5-2/h13,19,24,30H,4-12,14-18,20-23,25-29,31-36H2,1-3H3/b19-13-,30-24-. The van der Waals surface area contributed by atoms with Crippen molar-refractivity contribution in [1.29, 1.82) is 0 Å². The molecule has 0 saturated heterocycles. The summed E-state index contributed by atoms with van der Waals surface area (Å²) >= 11 is 0. The maximum absolute atomic E-state index is 12.0. The minimum absolute atomic E-state index is 0.0513. The van der Waals surface area contributed by atoms with Crippen molar-refractivity contribution < 1.29 is 14.3 Å². The maximum Gasteiger partial charge on any atom is 0.306 e. The van der Waals surface area contributed by atoms with E-state index in [-0.39, 0.29) is 5.97 Å². The topological polar surface area (TPSA) is 46.6 Å². The number of carbonyl (C=O) groups excluding carboxylic acids is 2. The van der Waals surface area contributed by atoms with Crippen LogP contribution in [0, 0.1) is 0 Å². The van der Waals surface area contributed by atoms with Crippen LogP contribution in [-0.4, -0.2) is 43.4 Å². The molecule has 0 rings (SSSR count). The second kappa shape index (κ2) is 34.1. The fourth-order valence-electron chi connectivity index (χ4n) is 5.26. The molecule has 0 bridgehead atoms. The first kappa shape index (κ1) is 40.6. The molecule has 0 aliphatic heterocycles. The molecule has 0 amide bonds. The van der Waals surface area contributed by atoms with Crippen LogP contribution in [0.2, 0.25) is 0 Å². The zero-order chi connectivity index (χ0) is 30.8. The predicted molar refractivity (Wildman–Crippen MR) is 183 cm³/mol. The van der Waals surface area contributed by atoms with Gasteiger partial charge < -0.3 is 9.64 Å². The van der Waals surface area contributed by atoms with E-state index in [1.54, 1.807) is 0 Å². The summed E-state index contributed by atoms with van der Waals surface area (Å²) < 4.78 is 5.30. The summed E-state index contributed by atoms with van der Waals surface area (Å²) in [7, 11) is 2.25. The third-order valence-corrected chi connectivity index (χ3v) is 8.13. The van der Waals surface area contributed by atoms with Gasteiger partial charge in [0, 0.05) is 19.3 Å². The summed E-state index contributed by atoms with van der Waals surface area (Å²) in [6, 6.07) is 0. The zero-order valence-electron chi connectivity index (χ0n) is 28.5. The van der Waals surface area contributed by atoms with E-state index in [1.807, 2.05) is 6.08 Å². The number of unbranched alkanes of at least 4 members (excludes halogenated alkanes) is 18. The van der Waals surface area contributed by atoms with E-state index in [0.717, 1.165) is 44.9 Å². The summed E-state index contributed by atoms with van der Waals surface area (Å²) in [5.74, 6) is 0.392. The average molecular weight is 590 g/mol. The first-order valence-corrected chi connectivity index (χ1v) is 18.3. The van der Waals surface area contributed by atoms with Crippen LogP contribution in [0.5, 0.6) is 0 Å². The van der Waals surface area contributed by atoms with E-state index in [0.29, 0.717) is 18.8 Å². The lowest BCUT2D eigenvalue weighted by Crippen LogP contribution is -2.20. The highest BCUT2D eigenvalue weighted by atomic mass is 16.5.